The molecule has 0 bridgehead atoms. The second-order valence-corrected chi connectivity index (χ2v) is 9.78. The Balaban J connectivity index is 1.41. The maximum Gasteiger partial charge on any atom is 0.265 e. The first-order chi connectivity index (χ1) is 15.3. The zero-order chi connectivity index (χ0) is 22.9. The van der Waals surface area contributed by atoms with Crippen LogP contribution in [0.5, 0.6) is 5.75 Å². The van der Waals surface area contributed by atoms with Gasteiger partial charge in [-0.05, 0) is 55.7 Å². The Morgan fingerprint density at radius 3 is 2.66 bits per heavy atom. The number of rotatable bonds is 5. The highest BCUT2D eigenvalue weighted by Gasteiger charge is 2.33. The number of anilines is 2. The van der Waals surface area contributed by atoms with E-state index in [4.69, 9.17) is 4.74 Å². The highest BCUT2D eigenvalue weighted by atomic mass is 32.2. The van der Waals surface area contributed by atoms with E-state index in [1.54, 1.807) is 12.1 Å². The SMILES string of the molecule is CCC1Oc2ccc(S(=O)(=O)N3CCC(C(=O)Nc4cccc(F)c4)CC3)cc2NC1=O. The van der Waals surface area contributed by atoms with Gasteiger partial charge in [0.05, 0.1) is 10.6 Å². The van der Waals surface area contributed by atoms with Gasteiger partial charge in [-0.25, -0.2) is 12.8 Å². The molecule has 10 heteroatoms. The molecule has 2 aliphatic rings. The monoisotopic (exact) mass is 461 g/mol. The van der Waals surface area contributed by atoms with E-state index >= 15 is 0 Å². The summed E-state index contributed by atoms with van der Waals surface area (Å²) in [4.78, 5) is 24.6. The van der Waals surface area contributed by atoms with E-state index in [1.165, 1.54) is 34.6 Å². The van der Waals surface area contributed by atoms with Crippen molar-refractivity contribution in [3.8, 4) is 5.75 Å². The van der Waals surface area contributed by atoms with Crippen molar-refractivity contribution in [1.82, 2.24) is 4.31 Å². The van der Waals surface area contributed by atoms with Crippen LogP contribution in [0.2, 0.25) is 0 Å². The van der Waals surface area contributed by atoms with Gasteiger partial charge in [0.25, 0.3) is 5.91 Å². The van der Waals surface area contributed by atoms with Gasteiger partial charge in [0, 0.05) is 24.7 Å². The largest absolute Gasteiger partial charge is 0.478 e. The van der Waals surface area contributed by atoms with E-state index in [0.717, 1.165) is 0 Å². The molecule has 1 atom stereocenters. The van der Waals surface area contributed by atoms with Crippen molar-refractivity contribution < 1.29 is 27.1 Å². The number of fused-ring (bicyclic) bond motifs is 1. The molecule has 1 fully saturated rings. The molecule has 0 aromatic heterocycles. The third-order valence-electron chi connectivity index (χ3n) is 5.70. The predicted molar refractivity (Wildman–Crippen MR) is 116 cm³/mol. The maximum absolute atomic E-state index is 13.3. The van der Waals surface area contributed by atoms with Crippen LogP contribution >= 0.6 is 0 Å². The van der Waals surface area contributed by atoms with Gasteiger partial charge in [-0.1, -0.05) is 13.0 Å². The van der Waals surface area contributed by atoms with Gasteiger partial charge < -0.3 is 15.4 Å². The molecule has 4 rings (SSSR count). The van der Waals surface area contributed by atoms with Crippen LogP contribution in [0.3, 0.4) is 0 Å². The zero-order valence-electron chi connectivity index (χ0n) is 17.5. The molecule has 2 heterocycles. The third kappa shape index (κ3) is 4.46. The Kier molecular flexibility index (Phi) is 6.16. The average Bonchev–Trinajstić information content (AvgIpc) is 2.78. The fraction of sp³-hybridized carbons (Fsp3) is 0.364. The van der Waals surface area contributed by atoms with Crippen molar-refractivity contribution in [3.05, 3.63) is 48.3 Å². The summed E-state index contributed by atoms with van der Waals surface area (Å²) < 4.78 is 46.5. The highest BCUT2D eigenvalue weighted by molar-refractivity contribution is 7.89. The number of hydrogen-bond acceptors (Lipinski definition) is 5. The normalized spacial score (nSPS) is 19.6. The lowest BCUT2D eigenvalue weighted by Crippen LogP contribution is -2.41. The van der Waals surface area contributed by atoms with E-state index in [1.807, 2.05) is 6.92 Å². The average molecular weight is 462 g/mol. The molecule has 1 unspecified atom stereocenters. The standard InChI is InChI=1S/C22H24FN3O5S/c1-2-19-22(28)25-18-13-17(6-7-20(18)31-19)32(29,30)26-10-8-14(9-11-26)21(27)24-16-5-3-4-15(23)12-16/h3-7,12-14,19H,2,8-11H2,1H3,(H,24,27)(H,25,28). The highest BCUT2D eigenvalue weighted by Crippen LogP contribution is 2.34. The summed E-state index contributed by atoms with van der Waals surface area (Å²) in [5, 5.41) is 5.38. The van der Waals surface area contributed by atoms with Crippen LogP contribution in [0.25, 0.3) is 0 Å². The Morgan fingerprint density at radius 1 is 1.22 bits per heavy atom. The van der Waals surface area contributed by atoms with E-state index in [9.17, 15) is 22.4 Å². The number of hydrogen-bond donors (Lipinski definition) is 2. The lowest BCUT2D eigenvalue weighted by atomic mass is 9.97. The van der Waals surface area contributed by atoms with Crippen molar-refractivity contribution in [3.63, 3.8) is 0 Å². The van der Waals surface area contributed by atoms with Gasteiger partial charge in [0.1, 0.15) is 11.6 Å². The van der Waals surface area contributed by atoms with Crippen molar-refractivity contribution in [1.29, 1.82) is 0 Å². The molecule has 32 heavy (non-hydrogen) atoms. The molecule has 2 N–H and O–H groups in total. The van der Waals surface area contributed by atoms with Gasteiger partial charge in [-0.2, -0.15) is 4.31 Å². The molecule has 170 valence electrons. The van der Waals surface area contributed by atoms with Crippen LogP contribution < -0.4 is 15.4 Å². The summed E-state index contributed by atoms with van der Waals surface area (Å²) >= 11 is 0. The minimum absolute atomic E-state index is 0.0535. The molecule has 0 radical (unpaired) electrons. The van der Waals surface area contributed by atoms with Crippen LogP contribution in [0.4, 0.5) is 15.8 Å². The van der Waals surface area contributed by atoms with E-state index < -0.39 is 21.9 Å². The molecule has 0 aliphatic carbocycles. The summed E-state index contributed by atoms with van der Waals surface area (Å²) in [6.07, 6.45) is 0.613. The summed E-state index contributed by atoms with van der Waals surface area (Å²) in [5.74, 6) is -0.943. The Labute approximate surface area is 185 Å². The zero-order valence-corrected chi connectivity index (χ0v) is 18.3. The van der Waals surface area contributed by atoms with Crippen LogP contribution in [-0.2, 0) is 19.6 Å². The van der Waals surface area contributed by atoms with Crippen LogP contribution in [-0.4, -0.2) is 43.7 Å². The van der Waals surface area contributed by atoms with Crippen molar-refractivity contribution in [2.75, 3.05) is 23.7 Å². The predicted octanol–water partition coefficient (Wildman–Crippen LogP) is 2.97. The number of nitrogens with zero attached hydrogens (tertiary/aromatic N) is 1. The fourth-order valence-electron chi connectivity index (χ4n) is 3.88. The molecule has 2 aliphatic heterocycles. The van der Waals surface area contributed by atoms with E-state index in [-0.39, 0.29) is 35.7 Å². The number of halogens is 1. The molecule has 8 nitrogen and oxygen atoms in total. The first-order valence-corrected chi connectivity index (χ1v) is 11.9. The minimum Gasteiger partial charge on any atom is -0.478 e. The molecule has 2 aromatic rings. The lowest BCUT2D eigenvalue weighted by molar-refractivity contribution is -0.123. The Hall–Kier alpha value is -2.98. The molecule has 0 spiro atoms. The number of amides is 2. The first-order valence-electron chi connectivity index (χ1n) is 10.5. The smallest absolute Gasteiger partial charge is 0.265 e. The quantitative estimate of drug-likeness (QED) is 0.712. The van der Waals surface area contributed by atoms with Crippen LogP contribution in [0.1, 0.15) is 26.2 Å². The summed E-state index contributed by atoms with van der Waals surface area (Å²) in [5.41, 5.74) is 0.693. The van der Waals surface area contributed by atoms with Crippen molar-refractivity contribution in [2.45, 2.75) is 37.2 Å². The van der Waals surface area contributed by atoms with Gasteiger partial charge in [0.2, 0.25) is 15.9 Å². The van der Waals surface area contributed by atoms with Gasteiger partial charge in [-0.15, -0.1) is 0 Å². The lowest BCUT2D eigenvalue weighted by Gasteiger charge is -2.31. The molecule has 2 aromatic carbocycles. The summed E-state index contributed by atoms with van der Waals surface area (Å²) in [6, 6.07) is 10.0. The number of carbonyl (C=O) groups excluding carboxylic acids is 2. The number of benzene rings is 2. The molecular formula is C22H24FN3O5S. The summed E-state index contributed by atoms with van der Waals surface area (Å²) in [7, 11) is -3.80. The topological polar surface area (TPSA) is 105 Å². The summed E-state index contributed by atoms with van der Waals surface area (Å²) in [6.45, 7) is 2.19. The second kappa shape index (κ2) is 8.87. The molecule has 1 saturated heterocycles. The second-order valence-electron chi connectivity index (χ2n) is 7.84. The number of piperidine rings is 1. The van der Waals surface area contributed by atoms with Crippen molar-refractivity contribution in [2.24, 2.45) is 5.92 Å². The Bertz CT molecular complexity index is 1150. The van der Waals surface area contributed by atoms with E-state index in [0.29, 0.717) is 36.4 Å². The third-order valence-corrected chi connectivity index (χ3v) is 7.59. The Morgan fingerprint density at radius 2 is 1.97 bits per heavy atom. The fourth-order valence-corrected chi connectivity index (χ4v) is 5.37. The number of nitrogens with one attached hydrogen (secondary N) is 2. The van der Waals surface area contributed by atoms with Crippen LogP contribution in [0.15, 0.2) is 47.4 Å². The van der Waals surface area contributed by atoms with Crippen molar-refractivity contribution >= 4 is 33.2 Å². The first kappa shape index (κ1) is 22.2. The molecule has 0 saturated carbocycles. The van der Waals surface area contributed by atoms with Gasteiger partial charge in [0.15, 0.2) is 6.10 Å². The molecule has 2 amide bonds. The number of sulfonamides is 1. The number of ether oxygens (including phenoxy) is 1. The van der Waals surface area contributed by atoms with Gasteiger partial charge in [-0.3, -0.25) is 9.59 Å². The maximum atomic E-state index is 13.3. The van der Waals surface area contributed by atoms with Crippen LogP contribution in [0, 0.1) is 11.7 Å². The van der Waals surface area contributed by atoms with Gasteiger partial charge >= 0.3 is 0 Å². The molecular weight excluding hydrogens is 437 g/mol. The van der Waals surface area contributed by atoms with E-state index in [2.05, 4.69) is 10.6 Å². The number of carbonyl (C=O) groups is 2. The minimum atomic E-state index is -3.80.